The van der Waals surface area contributed by atoms with E-state index < -0.39 is 0 Å². The van der Waals surface area contributed by atoms with Crippen LogP contribution in [0.2, 0.25) is 0 Å². The van der Waals surface area contributed by atoms with Crippen molar-refractivity contribution in [2.75, 3.05) is 27.3 Å². The van der Waals surface area contributed by atoms with E-state index in [0.717, 1.165) is 49.7 Å². The molecule has 4 nitrogen and oxygen atoms in total. The van der Waals surface area contributed by atoms with E-state index in [0.29, 0.717) is 5.38 Å². The van der Waals surface area contributed by atoms with Crippen LogP contribution in [-0.4, -0.2) is 42.6 Å². The van der Waals surface area contributed by atoms with Gasteiger partial charge in [-0.2, -0.15) is 0 Å². The summed E-state index contributed by atoms with van der Waals surface area (Å²) in [4.78, 5) is 6.74. The van der Waals surface area contributed by atoms with E-state index in [1.165, 1.54) is 0 Å². The van der Waals surface area contributed by atoms with Crippen molar-refractivity contribution in [1.82, 2.24) is 9.88 Å². The molecule has 0 aliphatic carbocycles. The molecule has 1 fully saturated rings. The standard InChI is InChI=1S/C13H19ClN2O2/c1-17-12-3-6-15-11(13(12)18-2)9-16-7-4-10(14)5-8-16/h3,6,10H,4-5,7-9H2,1-2H3. The Morgan fingerprint density at radius 1 is 1.33 bits per heavy atom. The molecule has 1 saturated heterocycles. The van der Waals surface area contributed by atoms with Crippen LogP contribution in [0, 0.1) is 0 Å². The fourth-order valence-corrected chi connectivity index (χ4v) is 2.43. The Bertz CT molecular complexity index is 393. The third-order valence-electron chi connectivity index (χ3n) is 3.26. The molecular weight excluding hydrogens is 252 g/mol. The van der Waals surface area contributed by atoms with Gasteiger partial charge in [0.15, 0.2) is 11.5 Å². The number of piperidine rings is 1. The molecule has 5 heteroatoms. The maximum Gasteiger partial charge on any atom is 0.183 e. The number of rotatable bonds is 4. The van der Waals surface area contributed by atoms with Crippen LogP contribution in [0.15, 0.2) is 12.3 Å². The maximum atomic E-state index is 6.10. The van der Waals surface area contributed by atoms with Gasteiger partial charge in [-0.1, -0.05) is 0 Å². The number of ether oxygens (including phenoxy) is 2. The summed E-state index contributed by atoms with van der Waals surface area (Å²) < 4.78 is 10.7. The first kappa shape index (κ1) is 13.4. The smallest absolute Gasteiger partial charge is 0.183 e. The van der Waals surface area contributed by atoms with Gasteiger partial charge >= 0.3 is 0 Å². The van der Waals surface area contributed by atoms with Crippen molar-refractivity contribution >= 4 is 11.6 Å². The lowest BCUT2D eigenvalue weighted by Gasteiger charge is -2.29. The zero-order chi connectivity index (χ0) is 13.0. The maximum absolute atomic E-state index is 6.10. The first-order valence-electron chi connectivity index (χ1n) is 6.17. The lowest BCUT2D eigenvalue weighted by molar-refractivity contribution is 0.216. The fourth-order valence-electron chi connectivity index (χ4n) is 2.23. The van der Waals surface area contributed by atoms with Gasteiger partial charge < -0.3 is 9.47 Å². The predicted octanol–water partition coefficient (Wildman–Crippen LogP) is 2.30. The number of aromatic nitrogens is 1. The van der Waals surface area contributed by atoms with Gasteiger partial charge in [-0.15, -0.1) is 11.6 Å². The lowest BCUT2D eigenvalue weighted by Crippen LogP contribution is -2.33. The van der Waals surface area contributed by atoms with Gasteiger partial charge in [-0.3, -0.25) is 9.88 Å². The van der Waals surface area contributed by atoms with Crippen molar-refractivity contribution in [3.63, 3.8) is 0 Å². The molecule has 1 aromatic heterocycles. The molecule has 100 valence electrons. The molecule has 18 heavy (non-hydrogen) atoms. The van der Waals surface area contributed by atoms with E-state index in [1.807, 2.05) is 6.07 Å². The van der Waals surface area contributed by atoms with Crippen molar-refractivity contribution in [3.8, 4) is 11.5 Å². The van der Waals surface area contributed by atoms with E-state index in [9.17, 15) is 0 Å². The minimum Gasteiger partial charge on any atom is -0.493 e. The van der Waals surface area contributed by atoms with Gasteiger partial charge in [0.25, 0.3) is 0 Å². The van der Waals surface area contributed by atoms with E-state index in [4.69, 9.17) is 21.1 Å². The molecule has 1 aliphatic heterocycles. The number of halogens is 1. The van der Waals surface area contributed by atoms with Gasteiger partial charge in [0.2, 0.25) is 0 Å². The van der Waals surface area contributed by atoms with Gasteiger partial charge in [-0.05, 0) is 25.9 Å². The van der Waals surface area contributed by atoms with Crippen LogP contribution in [0.1, 0.15) is 18.5 Å². The lowest BCUT2D eigenvalue weighted by atomic mass is 10.1. The summed E-state index contributed by atoms with van der Waals surface area (Å²) in [7, 11) is 3.29. The SMILES string of the molecule is COc1ccnc(CN2CCC(Cl)CC2)c1OC. The summed E-state index contributed by atoms with van der Waals surface area (Å²) >= 11 is 6.10. The molecule has 0 radical (unpaired) electrons. The first-order chi connectivity index (χ1) is 8.74. The molecule has 1 aliphatic rings. The average Bonchev–Trinajstić information content (AvgIpc) is 2.41. The van der Waals surface area contributed by atoms with Crippen molar-refractivity contribution in [2.24, 2.45) is 0 Å². The Morgan fingerprint density at radius 3 is 2.67 bits per heavy atom. The van der Waals surface area contributed by atoms with Crippen LogP contribution in [0.4, 0.5) is 0 Å². The highest BCUT2D eigenvalue weighted by Crippen LogP contribution is 2.30. The van der Waals surface area contributed by atoms with Crippen molar-refractivity contribution in [2.45, 2.75) is 24.8 Å². The normalized spacial score (nSPS) is 17.7. The topological polar surface area (TPSA) is 34.6 Å². The molecule has 0 spiro atoms. The van der Waals surface area contributed by atoms with Crippen molar-refractivity contribution in [3.05, 3.63) is 18.0 Å². The molecule has 0 amide bonds. The molecule has 0 aromatic carbocycles. The van der Waals surface area contributed by atoms with Crippen molar-refractivity contribution < 1.29 is 9.47 Å². The molecule has 0 atom stereocenters. The molecule has 2 rings (SSSR count). The van der Waals surface area contributed by atoms with Crippen LogP contribution < -0.4 is 9.47 Å². The zero-order valence-corrected chi connectivity index (χ0v) is 11.6. The van der Waals surface area contributed by atoms with Crippen molar-refractivity contribution in [1.29, 1.82) is 0 Å². The summed E-state index contributed by atoms with van der Waals surface area (Å²) in [6, 6.07) is 1.81. The largest absolute Gasteiger partial charge is 0.493 e. The summed E-state index contributed by atoms with van der Waals surface area (Å²) in [6.45, 7) is 2.80. The second-order valence-electron chi connectivity index (χ2n) is 4.44. The molecule has 1 aromatic rings. The summed E-state index contributed by atoms with van der Waals surface area (Å²) in [5.41, 5.74) is 0.921. The summed E-state index contributed by atoms with van der Waals surface area (Å²) in [6.07, 6.45) is 3.83. The quantitative estimate of drug-likeness (QED) is 0.787. The molecule has 0 saturated carbocycles. The third kappa shape index (κ3) is 3.06. The number of alkyl halides is 1. The number of pyridine rings is 1. The number of nitrogens with zero attached hydrogens (tertiary/aromatic N) is 2. The van der Waals surface area contributed by atoms with Crippen LogP contribution >= 0.6 is 11.6 Å². The molecule has 0 N–H and O–H groups in total. The van der Waals surface area contributed by atoms with Gasteiger partial charge in [-0.25, -0.2) is 0 Å². The second-order valence-corrected chi connectivity index (χ2v) is 5.06. The van der Waals surface area contributed by atoms with E-state index in [-0.39, 0.29) is 0 Å². The van der Waals surface area contributed by atoms with E-state index >= 15 is 0 Å². The molecule has 2 heterocycles. The summed E-state index contributed by atoms with van der Waals surface area (Å²) in [5, 5.41) is 0.321. The summed E-state index contributed by atoms with van der Waals surface area (Å²) in [5.74, 6) is 1.46. The van der Waals surface area contributed by atoms with Gasteiger partial charge in [0.05, 0.1) is 14.2 Å². The fraction of sp³-hybridized carbons (Fsp3) is 0.615. The number of likely N-dealkylation sites (tertiary alicyclic amines) is 1. The van der Waals surface area contributed by atoms with Crippen LogP contribution in [0.3, 0.4) is 0 Å². The van der Waals surface area contributed by atoms with Crippen LogP contribution in [-0.2, 0) is 6.54 Å². The Morgan fingerprint density at radius 2 is 2.06 bits per heavy atom. The monoisotopic (exact) mass is 270 g/mol. The van der Waals surface area contributed by atoms with E-state index in [1.54, 1.807) is 20.4 Å². The first-order valence-corrected chi connectivity index (χ1v) is 6.60. The second kappa shape index (κ2) is 6.25. The van der Waals surface area contributed by atoms with E-state index in [2.05, 4.69) is 9.88 Å². The van der Waals surface area contributed by atoms with Gasteiger partial charge in [0, 0.05) is 24.2 Å². The Balaban J connectivity index is 2.09. The zero-order valence-electron chi connectivity index (χ0n) is 10.9. The molecular formula is C13H19ClN2O2. The number of methoxy groups -OCH3 is 2. The third-order valence-corrected chi connectivity index (χ3v) is 3.69. The van der Waals surface area contributed by atoms with Crippen LogP contribution in [0.5, 0.6) is 11.5 Å². The Hall–Kier alpha value is -1.00. The Labute approximate surface area is 113 Å². The minimum atomic E-state index is 0.321. The minimum absolute atomic E-state index is 0.321. The van der Waals surface area contributed by atoms with Crippen LogP contribution in [0.25, 0.3) is 0 Å². The van der Waals surface area contributed by atoms with Gasteiger partial charge in [0.1, 0.15) is 5.69 Å². The highest BCUT2D eigenvalue weighted by atomic mass is 35.5. The molecule has 0 unspecified atom stereocenters. The highest BCUT2D eigenvalue weighted by Gasteiger charge is 2.20. The Kier molecular flexibility index (Phi) is 4.66. The number of hydrogen-bond donors (Lipinski definition) is 0. The molecule has 0 bridgehead atoms. The average molecular weight is 271 g/mol. The predicted molar refractivity (Wildman–Crippen MR) is 71.5 cm³/mol. The highest BCUT2D eigenvalue weighted by molar-refractivity contribution is 6.20. The number of hydrogen-bond acceptors (Lipinski definition) is 4.